The lowest BCUT2D eigenvalue weighted by molar-refractivity contribution is 0.355. The Morgan fingerprint density at radius 1 is 1.07 bits per heavy atom. The fraction of sp³-hybridized carbons (Fsp3) is 0.567. The summed E-state index contributed by atoms with van der Waals surface area (Å²) in [5, 5.41) is 8.06. The minimum Gasteiger partial charge on any atom is -0.419 e. The average Bonchev–Trinajstić information content (AvgIpc) is 3.38. The summed E-state index contributed by atoms with van der Waals surface area (Å²) in [6, 6.07) is 13.6. The fourth-order valence-corrected chi connectivity index (χ4v) is 5.86. The van der Waals surface area contributed by atoms with Crippen molar-refractivity contribution in [3.8, 4) is 11.5 Å². The molecule has 0 amide bonds. The Morgan fingerprint density at radius 3 is 2.34 bits per heavy atom. The van der Waals surface area contributed by atoms with E-state index < -0.39 is 20.8 Å². The quantitative estimate of drug-likeness (QED) is 0.298. The van der Waals surface area contributed by atoms with Crippen LogP contribution in [0.25, 0.3) is 11.5 Å². The average molecular weight is 584 g/mol. The number of aromatic nitrogens is 3. The molecule has 0 bridgehead atoms. The largest absolute Gasteiger partial charge is 0.419 e. The third-order valence-corrected chi connectivity index (χ3v) is 9.90. The third-order valence-electron chi connectivity index (χ3n) is 7.76. The molecule has 1 aliphatic rings. The first-order valence-corrected chi connectivity index (χ1v) is 15.8. The summed E-state index contributed by atoms with van der Waals surface area (Å²) in [5.41, 5.74) is 7.44. The minimum absolute atomic E-state index is 0.276. The maximum absolute atomic E-state index is 13.1. The summed E-state index contributed by atoms with van der Waals surface area (Å²) >= 11 is 0. The molecule has 0 aliphatic heterocycles. The number of nitrogens with zero attached hydrogens (tertiary/aromatic N) is 6. The van der Waals surface area contributed by atoms with Gasteiger partial charge in [-0.05, 0) is 90.2 Å². The van der Waals surface area contributed by atoms with Crippen LogP contribution in [-0.4, -0.2) is 74.5 Å². The highest BCUT2D eigenvalue weighted by Crippen LogP contribution is 2.39. The molecular formula is C30H45N7O3S. The lowest BCUT2D eigenvalue weighted by atomic mass is 9.94. The van der Waals surface area contributed by atoms with Crippen molar-refractivity contribution in [2.75, 3.05) is 50.0 Å². The number of sulfonamides is 1. The van der Waals surface area contributed by atoms with E-state index in [0.29, 0.717) is 41.3 Å². The number of hydrogen-bond donors (Lipinski definition) is 1. The number of rotatable bonds is 14. The van der Waals surface area contributed by atoms with Gasteiger partial charge in [-0.25, -0.2) is 13.4 Å². The molecule has 2 heterocycles. The van der Waals surface area contributed by atoms with Crippen molar-refractivity contribution in [1.82, 2.24) is 20.1 Å². The first-order chi connectivity index (χ1) is 19.3. The molecule has 1 aliphatic carbocycles. The summed E-state index contributed by atoms with van der Waals surface area (Å²) in [4.78, 5) is 9.29. The number of anilines is 2. The van der Waals surface area contributed by atoms with E-state index in [9.17, 15) is 8.42 Å². The van der Waals surface area contributed by atoms with Gasteiger partial charge in [0.2, 0.25) is 21.8 Å². The molecule has 3 unspecified atom stereocenters. The molecular weight excluding hydrogens is 538 g/mol. The topological polar surface area (TPSA) is 122 Å². The Bertz CT molecular complexity index is 1410. The second-order valence-corrected chi connectivity index (χ2v) is 14.7. The molecule has 0 spiro atoms. The van der Waals surface area contributed by atoms with Gasteiger partial charge in [-0.15, -0.1) is 10.2 Å². The molecule has 2 N–H and O–H groups in total. The van der Waals surface area contributed by atoms with E-state index in [-0.39, 0.29) is 5.89 Å². The van der Waals surface area contributed by atoms with Crippen LogP contribution in [0.2, 0.25) is 0 Å². The number of benzene rings is 1. The van der Waals surface area contributed by atoms with E-state index in [1.807, 2.05) is 43.3 Å². The van der Waals surface area contributed by atoms with Crippen molar-refractivity contribution in [3.63, 3.8) is 0 Å². The smallest absolute Gasteiger partial charge is 0.248 e. The second kappa shape index (κ2) is 12.5. The van der Waals surface area contributed by atoms with Crippen LogP contribution in [0.15, 0.2) is 46.9 Å². The standard InChI is InChI=1S/C30H45N7O3S/c1-21(2)41(38,39)36(7)26-17-24(18-27(32-26)37(15-11-14-35(5)6)20-25-16-22(25)3)28-33-34-29(40-28)30(4,31)19-23-12-9-8-10-13-23/h8-10,12-13,17-18,21-22,25H,11,14-16,19-20,31H2,1-7H3. The van der Waals surface area contributed by atoms with Crippen molar-refractivity contribution in [3.05, 3.63) is 53.9 Å². The lowest BCUT2D eigenvalue weighted by Crippen LogP contribution is -2.35. The third kappa shape index (κ3) is 7.64. The molecule has 41 heavy (non-hydrogen) atoms. The van der Waals surface area contributed by atoms with Crippen molar-refractivity contribution in [1.29, 1.82) is 0 Å². The highest BCUT2D eigenvalue weighted by atomic mass is 32.2. The summed E-state index contributed by atoms with van der Waals surface area (Å²) in [7, 11) is 2.05. The van der Waals surface area contributed by atoms with E-state index in [4.69, 9.17) is 15.1 Å². The first-order valence-electron chi connectivity index (χ1n) is 14.3. The van der Waals surface area contributed by atoms with Crippen LogP contribution >= 0.6 is 0 Å². The normalized spacial score (nSPS) is 18.5. The van der Waals surface area contributed by atoms with Crippen LogP contribution in [-0.2, 0) is 22.0 Å². The SMILES string of the molecule is CC1CC1CN(CCCN(C)C)c1cc(-c2nnc(C(C)(N)Cc3ccccc3)o2)cc(N(C)S(=O)(=O)C(C)C)n1. The number of nitrogens with two attached hydrogens (primary N) is 1. The van der Waals surface area contributed by atoms with Crippen LogP contribution in [0.4, 0.5) is 11.6 Å². The highest BCUT2D eigenvalue weighted by Gasteiger charge is 2.35. The van der Waals surface area contributed by atoms with Crippen molar-refractivity contribution in [2.45, 2.75) is 57.7 Å². The number of hydrogen-bond acceptors (Lipinski definition) is 9. The van der Waals surface area contributed by atoms with Gasteiger partial charge in [-0.1, -0.05) is 37.3 Å². The molecule has 0 saturated heterocycles. The Hall–Kier alpha value is -3.02. The summed E-state index contributed by atoms with van der Waals surface area (Å²) < 4.78 is 33.7. The molecule has 1 saturated carbocycles. The second-order valence-electron chi connectivity index (χ2n) is 12.2. The molecule has 0 radical (unpaired) electrons. The van der Waals surface area contributed by atoms with Gasteiger partial charge in [-0.3, -0.25) is 4.31 Å². The monoisotopic (exact) mass is 583 g/mol. The predicted molar refractivity (Wildman–Crippen MR) is 164 cm³/mol. The zero-order valence-corrected chi connectivity index (χ0v) is 26.2. The maximum Gasteiger partial charge on any atom is 0.248 e. The van der Waals surface area contributed by atoms with Gasteiger partial charge in [0.15, 0.2) is 0 Å². The zero-order chi connectivity index (χ0) is 29.9. The van der Waals surface area contributed by atoms with E-state index in [1.165, 1.54) is 10.7 Å². The Morgan fingerprint density at radius 2 is 1.73 bits per heavy atom. The van der Waals surface area contributed by atoms with Crippen molar-refractivity contribution >= 4 is 21.7 Å². The maximum atomic E-state index is 13.1. The summed E-state index contributed by atoms with van der Waals surface area (Å²) in [6.07, 6.45) is 2.66. The molecule has 3 aromatic rings. The Kier molecular flexibility index (Phi) is 9.40. The number of pyridine rings is 1. The van der Waals surface area contributed by atoms with Crippen LogP contribution in [0.1, 0.15) is 52.0 Å². The van der Waals surface area contributed by atoms with Gasteiger partial charge in [0, 0.05) is 25.7 Å². The van der Waals surface area contributed by atoms with Crippen LogP contribution in [0.3, 0.4) is 0 Å². The summed E-state index contributed by atoms with van der Waals surface area (Å²) in [6.45, 7) is 10.1. The van der Waals surface area contributed by atoms with Gasteiger partial charge >= 0.3 is 0 Å². The van der Waals surface area contributed by atoms with Gasteiger partial charge in [0.25, 0.3) is 0 Å². The Labute approximate surface area is 245 Å². The fourth-order valence-electron chi connectivity index (χ4n) is 4.88. The van der Waals surface area contributed by atoms with Gasteiger partial charge in [0.1, 0.15) is 11.6 Å². The Balaban J connectivity index is 1.73. The van der Waals surface area contributed by atoms with Gasteiger partial charge in [0.05, 0.1) is 10.8 Å². The predicted octanol–water partition coefficient (Wildman–Crippen LogP) is 4.14. The van der Waals surface area contributed by atoms with E-state index in [2.05, 4.69) is 41.0 Å². The van der Waals surface area contributed by atoms with Crippen LogP contribution in [0, 0.1) is 11.8 Å². The molecule has 1 aromatic carbocycles. The molecule has 2 aromatic heterocycles. The van der Waals surface area contributed by atoms with Crippen molar-refractivity contribution in [2.24, 2.45) is 17.6 Å². The van der Waals surface area contributed by atoms with E-state index >= 15 is 0 Å². The molecule has 10 nitrogen and oxygen atoms in total. The molecule has 3 atom stereocenters. The van der Waals surface area contributed by atoms with Gasteiger partial charge in [-0.2, -0.15) is 0 Å². The first kappa shape index (κ1) is 30.9. The van der Waals surface area contributed by atoms with Crippen LogP contribution < -0.4 is 14.9 Å². The van der Waals surface area contributed by atoms with Gasteiger partial charge < -0.3 is 20.0 Å². The molecule has 4 rings (SSSR count). The van der Waals surface area contributed by atoms with E-state index in [1.54, 1.807) is 27.0 Å². The zero-order valence-electron chi connectivity index (χ0n) is 25.4. The highest BCUT2D eigenvalue weighted by molar-refractivity contribution is 7.93. The minimum atomic E-state index is -3.61. The lowest BCUT2D eigenvalue weighted by Gasteiger charge is -2.27. The molecule has 11 heteroatoms. The molecule has 1 fully saturated rings. The van der Waals surface area contributed by atoms with Crippen LogP contribution in [0.5, 0.6) is 0 Å². The summed E-state index contributed by atoms with van der Waals surface area (Å²) in [5.74, 6) is 2.86. The van der Waals surface area contributed by atoms with E-state index in [0.717, 1.165) is 31.6 Å². The molecule has 224 valence electrons. The van der Waals surface area contributed by atoms with Crippen molar-refractivity contribution < 1.29 is 12.8 Å².